The molecule has 3 fully saturated rings. The minimum atomic E-state index is 0.0114. The molecule has 1 N–H and O–H groups in total. The second-order valence-electron chi connectivity index (χ2n) is 5.99. The lowest BCUT2D eigenvalue weighted by atomic mass is 10.00. The standard InChI is InChI=1S/C14H22N2O2/c1-2-9-7-11-12(8-9)14(18)16(13(11)17)10-3-5-15-6-4-10/h9-12,15H,2-8H2,1H3. The van der Waals surface area contributed by atoms with Crippen molar-refractivity contribution in [2.75, 3.05) is 13.1 Å². The highest BCUT2D eigenvalue weighted by atomic mass is 16.2. The topological polar surface area (TPSA) is 49.4 Å². The number of carbonyl (C=O) groups is 2. The van der Waals surface area contributed by atoms with Crippen molar-refractivity contribution in [3.8, 4) is 0 Å². The highest BCUT2D eigenvalue weighted by molar-refractivity contribution is 6.05. The monoisotopic (exact) mass is 250 g/mol. The Labute approximate surface area is 108 Å². The SMILES string of the molecule is CCC1CC2C(=O)N(C3CCNCC3)C(=O)C2C1. The van der Waals surface area contributed by atoms with E-state index in [0.717, 1.165) is 45.2 Å². The van der Waals surface area contributed by atoms with E-state index in [2.05, 4.69) is 12.2 Å². The largest absolute Gasteiger partial charge is 0.317 e. The maximum atomic E-state index is 12.4. The Balaban J connectivity index is 1.75. The van der Waals surface area contributed by atoms with Crippen LogP contribution in [-0.4, -0.2) is 35.8 Å². The van der Waals surface area contributed by atoms with Crippen molar-refractivity contribution in [3.05, 3.63) is 0 Å². The number of hydrogen-bond acceptors (Lipinski definition) is 3. The van der Waals surface area contributed by atoms with E-state index < -0.39 is 0 Å². The quantitative estimate of drug-likeness (QED) is 0.748. The maximum Gasteiger partial charge on any atom is 0.233 e. The van der Waals surface area contributed by atoms with Crippen molar-refractivity contribution < 1.29 is 9.59 Å². The number of likely N-dealkylation sites (tertiary alicyclic amines) is 1. The predicted octanol–water partition coefficient (Wildman–Crippen LogP) is 1.16. The lowest BCUT2D eigenvalue weighted by Crippen LogP contribution is -2.46. The minimum absolute atomic E-state index is 0.0114. The first-order valence-electron chi connectivity index (χ1n) is 7.30. The van der Waals surface area contributed by atoms with Crippen LogP contribution in [0.25, 0.3) is 0 Å². The molecule has 18 heavy (non-hydrogen) atoms. The molecule has 1 saturated carbocycles. The molecule has 0 aromatic rings. The first-order chi connectivity index (χ1) is 8.72. The zero-order valence-corrected chi connectivity index (χ0v) is 11.0. The Morgan fingerprint density at radius 1 is 1.11 bits per heavy atom. The molecule has 1 aliphatic carbocycles. The molecule has 2 heterocycles. The number of carbonyl (C=O) groups excluding carboxylic acids is 2. The molecule has 4 nitrogen and oxygen atoms in total. The first kappa shape index (κ1) is 12.2. The van der Waals surface area contributed by atoms with Crippen LogP contribution in [0.4, 0.5) is 0 Å². The maximum absolute atomic E-state index is 12.4. The van der Waals surface area contributed by atoms with E-state index in [9.17, 15) is 9.59 Å². The van der Waals surface area contributed by atoms with Gasteiger partial charge in [0.25, 0.3) is 0 Å². The van der Waals surface area contributed by atoms with E-state index in [0.29, 0.717) is 5.92 Å². The summed E-state index contributed by atoms with van der Waals surface area (Å²) >= 11 is 0. The first-order valence-corrected chi connectivity index (χ1v) is 7.30. The Kier molecular flexibility index (Phi) is 3.14. The second kappa shape index (κ2) is 4.65. The number of piperidine rings is 1. The van der Waals surface area contributed by atoms with Crippen LogP contribution >= 0.6 is 0 Å². The van der Waals surface area contributed by atoms with E-state index in [1.54, 1.807) is 4.90 Å². The third-order valence-corrected chi connectivity index (χ3v) is 5.02. The van der Waals surface area contributed by atoms with Gasteiger partial charge in [0, 0.05) is 6.04 Å². The number of fused-ring (bicyclic) bond motifs is 1. The highest BCUT2D eigenvalue weighted by Crippen LogP contribution is 2.45. The summed E-state index contributed by atoms with van der Waals surface area (Å²) in [5, 5.41) is 3.29. The van der Waals surface area contributed by atoms with Gasteiger partial charge in [0.1, 0.15) is 0 Å². The number of rotatable bonds is 2. The molecule has 2 aliphatic heterocycles. The summed E-state index contributed by atoms with van der Waals surface area (Å²) in [5.41, 5.74) is 0. The summed E-state index contributed by atoms with van der Waals surface area (Å²) in [5.74, 6) is 0.874. The van der Waals surface area contributed by atoms with Crippen molar-refractivity contribution in [3.63, 3.8) is 0 Å². The average molecular weight is 250 g/mol. The lowest BCUT2D eigenvalue weighted by Gasteiger charge is -2.31. The fourth-order valence-corrected chi connectivity index (χ4v) is 3.91. The molecule has 0 aromatic heterocycles. The highest BCUT2D eigenvalue weighted by Gasteiger charge is 2.53. The third-order valence-electron chi connectivity index (χ3n) is 5.02. The summed E-state index contributed by atoms with van der Waals surface area (Å²) in [4.78, 5) is 26.5. The van der Waals surface area contributed by atoms with Gasteiger partial charge in [0.2, 0.25) is 11.8 Å². The van der Waals surface area contributed by atoms with Gasteiger partial charge in [0.15, 0.2) is 0 Å². The number of nitrogens with zero attached hydrogens (tertiary/aromatic N) is 1. The van der Waals surface area contributed by atoms with Crippen molar-refractivity contribution in [2.45, 2.75) is 45.1 Å². The minimum Gasteiger partial charge on any atom is -0.317 e. The molecule has 2 saturated heterocycles. The van der Waals surface area contributed by atoms with Crippen LogP contribution in [0.15, 0.2) is 0 Å². The Morgan fingerprint density at radius 2 is 1.67 bits per heavy atom. The zero-order chi connectivity index (χ0) is 12.7. The molecule has 2 unspecified atom stereocenters. The number of nitrogens with one attached hydrogen (secondary N) is 1. The zero-order valence-electron chi connectivity index (χ0n) is 11.0. The Hall–Kier alpha value is -0.900. The van der Waals surface area contributed by atoms with Crippen LogP contribution in [0.2, 0.25) is 0 Å². The molecular weight excluding hydrogens is 228 g/mol. The van der Waals surface area contributed by atoms with E-state index in [1.165, 1.54) is 0 Å². The molecule has 0 aromatic carbocycles. The Bertz CT molecular complexity index is 339. The van der Waals surface area contributed by atoms with Crippen LogP contribution in [0.1, 0.15) is 39.0 Å². The molecule has 100 valence electrons. The Morgan fingerprint density at radius 3 is 2.17 bits per heavy atom. The van der Waals surface area contributed by atoms with Gasteiger partial charge < -0.3 is 5.32 Å². The molecule has 0 bridgehead atoms. The van der Waals surface area contributed by atoms with Crippen molar-refractivity contribution in [1.29, 1.82) is 0 Å². The number of hydrogen-bond donors (Lipinski definition) is 1. The number of imide groups is 1. The molecule has 0 radical (unpaired) electrons. The third kappa shape index (κ3) is 1.78. The van der Waals surface area contributed by atoms with Crippen molar-refractivity contribution in [1.82, 2.24) is 10.2 Å². The summed E-state index contributed by atoms with van der Waals surface area (Å²) < 4.78 is 0. The van der Waals surface area contributed by atoms with Crippen LogP contribution in [0.3, 0.4) is 0 Å². The van der Waals surface area contributed by atoms with Gasteiger partial charge in [-0.15, -0.1) is 0 Å². The molecule has 3 rings (SSSR count). The molecule has 4 heteroatoms. The van der Waals surface area contributed by atoms with Crippen LogP contribution in [0, 0.1) is 17.8 Å². The number of amides is 2. The summed E-state index contributed by atoms with van der Waals surface area (Å²) in [6.45, 7) is 4.01. The molecular formula is C14H22N2O2. The fourth-order valence-electron chi connectivity index (χ4n) is 3.91. The van der Waals surface area contributed by atoms with Crippen LogP contribution in [-0.2, 0) is 9.59 Å². The van der Waals surface area contributed by atoms with Gasteiger partial charge in [0.05, 0.1) is 11.8 Å². The van der Waals surface area contributed by atoms with Crippen molar-refractivity contribution >= 4 is 11.8 Å². The van der Waals surface area contributed by atoms with Gasteiger partial charge in [-0.1, -0.05) is 13.3 Å². The van der Waals surface area contributed by atoms with E-state index in [-0.39, 0.29) is 29.7 Å². The second-order valence-corrected chi connectivity index (χ2v) is 5.99. The van der Waals surface area contributed by atoms with Gasteiger partial charge in [-0.05, 0) is 44.7 Å². The summed E-state index contributed by atoms with van der Waals surface area (Å²) in [6.07, 6.45) is 4.82. The van der Waals surface area contributed by atoms with Gasteiger partial charge in [-0.3, -0.25) is 14.5 Å². The normalized spacial score (nSPS) is 37.4. The fraction of sp³-hybridized carbons (Fsp3) is 0.857. The van der Waals surface area contributed by atoms with Crippen molar-refractivity contribution in [2.24, 2.45) is 17.8 Å². The summed E-state index contributed by atoms with van der Waals surface area (Å²) in [7, 11) is 0. The van der Waals surface area contributed by atoms with E-state index >= 15 is 0 Å². The molecule has 3 aliphatic rings. The molecule has 2 atom stereocenters. The van der Waals surface area contributed by atoms with Crippen LogP contribution in [0.5, 0.6) is 0 Å². The smallest absolute Gasteiger partial charge is 0.233 e. The van der Waals surface area contributed by atoms with Gasteiger partial charge in [-0.25, -0.2) is 0 Å². The van der Waals surface area contributed by atoms with Gasteiger partial charge in [-0.2, -0.15) is 0 Å². The van der Waals surface area contributed by atoms with Gasteiger partial charge >= 0.3 is 0 Å². The molecule has 0 spiro atoms. The summed E-state index contributed by atoms with van der Waals surface area (Å²) in [6, 6.07) is 0.164. The van der Waals surface area contributed by atoms with E-state index in [4.69, 9.17) is 0 Å². The predicted molar refractivity (Wildman–Crippen MR) is 67.7 cm³/mol. The van der Waals surface area contributed by atoms with E-state index in [1.807, 2.05) is 0 Å². The lowest BCUT2D eigenvalue weighted by molar-refractivity contribution is -0.143. The van der Waals surface area contributed by atoms with Crippen LogP contribution < -0.4 is 5.32 Å². The molecule has 2 amide bonds. The average Bonchev–Trinajstić information content (AvgIpc) is 2.92.